The first kappa shape index (κ1) is 27.5. The lowest BCUT2D eigenvalue weighted by molar-refractivity contribution is -0.137. The van der Waals surface area contributed by atoms with Crippen LogP contribution in [0.25, 0.3) is 0 Å². The summed E-state index contributed by atoms with van der Waals surface area (Å²) in [5.74, 6) is -0.591. The van der Waals surface area contributed by atoms with E-state index in [9.17, 15) is 24.3 Å². The number of fused-ring (bicyclic) bond motifs is 1. The van der Waals surface area contributed by atoms with Gasteiger partial charge in [-0.3, -0.25) is 13.9 Å². The molecule has 0 aliphatic carbocycles. The zero-order chi connectivity index (χ0) is 27.4. The van der Waals surface area contributed by atoms with Crippen molar-refractivity contribution in [3.63, 3.8) is 0 Å². The van der Waals surface area contributed by atoms with E-state index in [4.69, 9.17) is 9.47 Å². The first-order valence-corrected chi connectivity index (χ1v) is 13.9. The minimum atomic E-state index is -3.33. The molecule has 3 aromatic rings. The molecule has 0 bridgehead atoms. The van der Waals surface area contributed by atoms with E-state index in [-0.39, 0.29) is 19.1 Å². The summed E-state index contributed by atoms with van der Waals surface area (Å²) in [6, 6.07) is 19.9. The van der Waals surface area contributed by atoms with E-state index in [2.05, 4.69) is 6.07 Å². The van der Waals surface area contributed by atoms with E-state index in [1.54, 1.807) is 40.7 Å². The van der Waals surface area contributed by atoms with Crippen molar-refractivity contribution in [3.05, 3.63) is 88.5 Å². The summed E-state index contributed by atoms with van der Waals surface area (Å²) in [6.45, 7) is 4.51. The Bertz CT molecular complexity index is 1370. The van der Waals surface area contributed by atoms with E-state index in [0.717, 1.165) is 16.7 Å². The third-order valence-electron chi connectivity index (χ3n) is 6.91. The number of nitrogens with zero attached hydrogens (tertiary/aromatic N) is 2. The number of hydrogen-bond donors (Lipinski definition) is 3. The van der Waals surface area contributed by atoms with Crippen LogP contribution in [0.4, 0.5) is 0 Å². The topological polar surface area (TPSA) is 123 Å². The lowest BCUT2D eigenvalue weighted by atomic mass is 9.86. The maximum atomic E-state index is 11.8. The van der Waals surface area contributed by atoms with Crippen LogP contribution in [0.5, 0.6) is 11.5 Å². The fourth-order valence-corrected chi connectivity index (χ4v) is 6.33. The molecule has 1 aliphatic rings. The number of aliphatic carboxylic acids is 1. The average Bonchev–Trinajstić information content (AvgIpc) is 3.01. The molecular formula is C29H32N2O6S. The number of hydrogen-bond acceptors (Lipinski definition) is 7. The third-order valence-corrected chi connectivity index (χ3v) is 8.84. The fourth-order valence-electron chi connectivity index (χ4n) is 4.72. The highest BCUT2D eigenvalue weighted by atomic mass is 32.3. The molecule has 0 amide bonds. The molecule has 9 heteroatoms. The summed E-state index contributed by atoms with van der Waals surface area (Å²) in [5, 5.41) is 19.0. The molecule has 1 heterocycles. The number of carbonyl (C=O) groups is 1. The van der Waals surface area contributed by atoms with E-state index in [1.165, 1.54) is 7.11 Å². The third kappa shape index (κ3) is 5.64. The Morgan fingerprint density at radius 1 is 1.18 bits per heavy atom. The van der Waals surface area contributed by atoms with Crippen LogP contribution >= 0.6 is 10.8 Å². The van der Waals surface area contributed by atoms with Gasteiger partial charge in [0.15, 0.2) is 0 Å². The molecule has 4 rings (SSSR count). The molecule has 0 saturated carbocycles. The van der Waals surface area contributed by atoms with Gasteiger partial charge in [-0.15, -0.1) is 10.8 Å². The zero-order valence-electron chi connectivity index (χ0n) is 21.6. The number of aryl methyl sites for hydroxylation is 1. The van der Waals surface area contributed by atoms with Gasteiger partial charge in [-0.1, -0.05) is 43.3 Å². The number of nitriles is 1. The fraction of sp³-hybridized carbons (Fsp3) is 0.310. The van der Waals surface area contributed by atoms with E-state index in [1.807, 2.05) is 38.1 Å². The van der Waals surface area contributed by atoms with E-state index >= 15 is 0 Å². The molecule has 1 aliphatic heterocycles. The van der Waals surface area contributed by atoms with Crippen molar-refractivity contribution in [3.8, 4) is 17.6 Å². The summed E-state index contributed by atoms with van der Waals surface area (Å²) in [7, 11) is -1.86. The van der Waals surface area contributed by atoms with Gasteiger partial charge in [0.1, 0.15) is 28.6 Å². The molecule has 200 valence electrons. The number of carboxylic acid groups (broad SMARTS) is 1. The van der Waals surface area contributed by atoms with Crippen LogP contribution in [0.1, 0.15) is 53.5 Å². The smallest absolute Gasteiger partial charge is 0.304 e. The minimum Gasteiger partial charge on any atom is -0.495 e. The Morgan fingerprint density at radius 3 is 2.58 bits per heavy atom. The second kappa shape index (κ2) is 11.5. The molecular weight excluding hydrogens is 504 g/mol. The molecule has 3 aromatic carbocycles. The van der Waals surface area contributed by atoms with Crippen molar-refractivity contribution >= 4 is 16.7 Å². The lowest BCUT2D eigenvalue weighted by Crippen LogP contribution is -2.34. The number of methoxy groups -OCH3 is 1. The van der Waals surface area contributed by atoms with Crippen LogP contribution in [0.3, 0.4) is 0 Å². The quantitative estimate of drug-likeness (QED) is 0.312. The highest BCUT2D eigenvalue weighted by molar-refractivity contribution is 8.22. The maximum Gasteiger partial charge on any atom is 0.304 e. The van der Waals surface area contributed by atoms with Crippen molar-refractivity contribution < 1.29 is 28.5 Å². The number of rotatable bonds is 8. The summed E-state index contributed by atoms with van der Waals surface area (Å²) < 4.78 is 35.9. The standard InChI is InChI=1S/C29H32N2O6S/c1-4-24-18-31(38(34,35)28-8-6-5-7-26(28)37-24)17-23-13-20(10-9-19(23)2)25(15-29(32)33)21-11-12-22(16-30)27(14-21)36-3/h5-14,24-25,34-35H,4,15,17-18H2,1-3H3,(H,32,33). The van der Waals surface area contributed by atoms with Crippen molar-refractivity contribution in [1.29, 1.82) is 5.26 Å². The van der Waals surface area contributed by atoms with Gasteiger partial charge in [-0.2, -0.15) is 9.57 Å². The van der Waals surface area contributed by atoms with Crippen LogP contribution in [0.2, 0.25) is 0 Å². The molecule has 0 saturated heterocycles. The van der Waals surface area contributed by atoms with Gasteiger partial charge in [0.25, 0.3) is 0 Å². The Hall–Kier alpha value is -3.55. The first-order chi connectivity index (χ1) is 18.2. The second-order valence-corrected chi connectivity index (χ2v) is 11.3. The van der Waals surface area contributed by atoms with Gasteiger partial charge in [0.05, 0.1) is 25.6 Å². The number of benzene rings is 3. The molecule has 0 aromatic heterocycles. The molecule has 3 N–H and O–H groups in total. The van der Waals surface area contributed by atoms with Crippen molar-refractivity contribution in [2.24, 2.45) is 0 Å². The summed E-state index contributed by atoms with van der Waals surface area (Å²) in [6.07, 6.45) is 0.315. The molecule has 2 atom stereocenters. The SMILES string of the molecule is CCC1CN(Cc2cc(C(CC(=O)O)c3ccc(C#N)c(OC)c3)ccc2C)S(O)(O)c2ccccc2O1. The van der Waals surface area contributed by atoms with Crippen LogP contribution < -0.4 is 9.47 Å². The number of carboxylic acids is 1. The summed E-state index contributed by atoms with van der Waals surface area (Å²) in [4.78, 5) is 12.2. The Kier molecular flexibility index (Phi) is 8.29. The Balaban J connectivity index is 1.73. The van der Waals surface area contributed by atoms with Crippen LogP contribution in [0, 0.1) is 18.3 Å². The minimum absolute atomic E-state index is 0.157. The Morgan fingerprint density at radius 2 is 1.89 bits per heavy atom. The van der Waals surface area contributed by atoms with Crippen molar-refractivity contribution in [2.75, 3.05) is 13.7 Å². The second-order valence-electron chi connectivity index (χ2n) is 9.34. The van der Waals surface area contributed by atoms with Gasteiger partial charge in [0, 0.05) is 12.5 Å². The number of para-hydroxylation sites is 1. The molecule has 2 unspecified atom stereocenters. The predicted molar refractivity (Wildman–Crippen MR) is 146 cm³/mol. The van der Waals surface area contributed by atoms with E-state index in [0.29, 0.717) is 40.5 Å². The Labute approximate surface area is 224 Å². The van der Waals surface area contributed by atoms with Gasteiger partial charge in [0.2, 0.25) is 0 Å². The van der Waals surface area contributed by atoms with Gasteiger partial charge in [-0.05, 0) is 59.9 Å². The first-order valence-electron chi connectivity index (χ1n) is 12.4. The van der Waals surface area contributed by atoms with Gasteiger partial charge in [-0.25, -0.2) is 0 Å². The van der Waals surface area contributed by atoms with Crippen molar-refractivity contribution in [2.45, 2.75) is 50.2 Å². The zero-order valence-corrected chi connectivity index (χ0v) is 22.4. The van der Waals surface area contributed by atoms with Crippen molar-refractivity contribution in [1.82, 2.24) is 4.31 Å². The van der Waals surface area contributed by atoms with Crippen LogP contribution in [-0.2, 0) is 11.3 Å². The van der Waals surface area contributed by atoms with E-state index < -0.39 is 22.7 Å². The molecule has 0 spiro atoms. The van der Waals surface area contributed by atoms with Crippen LogP contribution in [-0.4, -0.2) is 44.2 Å². The average molecular weight is 537 g/mol. The monoisotopic (exact) mass is 536 g/mol. The molecule has 8 nitrogen and oxygen atoms in total. The highest BCUT2D eigenvalue weighted by Gasteiger charge is 2.35. The largest absolute Gasteiger partial charge is 0.495 e. The summed E-state index contributed by atoms with van der Waals surface area (Å²) >= 11 is 0. The molecule has 38 heavy (non-hydrogen) atoms. The predicted octanol–water partition coefficient (Wildman–Crippen LogP) is 6.18. The van der Waals surface area contributed by atoms with Gasteiger partial charge < -0.3 is 14.6 Å². The lowest BCUT2D eigenvalue weighted by Gasteiger charge is -2.42. The molecule has 0 radical (unpaired) electrons. The summed E-state index contributed by atoms with van der Waals surface area (Å²) in [5.41, 5.74) is 3.66. The molecule has 0 fully saturated rings. The van der Waals surface area contributed by atoms with Gasteiger partial charge >= 0.3 is 5.97 Å². The number of ether oxygens (including phenoxy) is 2. The maximum absolute atomic E-state index is 11.8. The normalized spacial score (nSPS) is 18.3. The highest BCUT2D eigenvalue weighted by Crippen LogP contribution is 2.57. The van der Waals surface area contributed by atoms with Crippen LogP contribution in [0.15, 0.2) is 65.6 Å².